The summed E-state index contributed by atoms with van der Waals surface area (Å²) in [4.78, 5) is 0. The summed E-state index contributed by atoms with van der Waals surface area (Å²) < 4.78 is 0. The van der Waals surface area contributed by atoms with Crippen LogP contribution in [-0.2, 0) is 0 Å². The summed E-state index contributed by atoms with van der Waals surface area (Å²) in [5, 5.41) is 10.5. The van der Waals surface area contributed by atoms with Gasteiger partial charge in [0.15, 0.2) is 0 Å². The van der Waals surface area contributed by atoms with Gasteiger partial charge in [0.05, 0.1) is 5.69 Å². The van der Waals surface area contributed by atoms with Crippen molar-refractivity contribution < 1.29 is 5.21 Å². The van der Waals surface area contributed by atoms with Crippen molar-refractivity contribution in [3.63, 3.8) is 0 Å². The minimum Gasteiger partial charge on any atom is -0.273 e. The molecule has 12 heavy (non-hydrogen) atoms. The molecule has 0 saturated heterocycles. The fraction of sp³-hybridized carbons (Fsp3) is 0.333. The Kier molecular flexibility index (Phi) is 3.08. The third-order valence-electron chi connectivity index (χ3n) is 1.65. The van der Waals surface area contributed by atoms with Crippen molar-refractivity contribution in [2.75, 3.05) is 11.7 Å². The maximum Gasteiger partial charge on any atom is 0.0849 e. The minimum absolute atomic E-state index is 0.699. The number of benzene rings is 1. The Bertz CT molecular complexity index is 250. The summed E-state index contributed by atoms with van der Waals surface area (Å²) >= 11 is 0. The largest absolute Gasteiger partial charge is 0.273 e. The van der Waals surface area contributed by atoms with Crippen molar-refractivity contribution in [2.24, 2.45) is 0 Å². The van der Waals surface area contributed by atoms with Crippen LogP contribution in [0.1, 0.15) is 12.5 Å². The first-order valence-electron chi connectivity index (χ1n) is 4.04. The van der Waals surface area contributed by atoms with E-state index in [1.807, 2.05) is 38.1 Å². The number of anilines is 1. The highest BCUT2D eigenvalue weighted by atomic mass is 16.5. The molecule has 3 nitrogen and oxygen atoms in total. The van der Waals surface area contributed by atoms with Crippen molar-refractivity contribution in [3.05, 3.63) is 29.8 Å². The summed E-state index contributed by atoms with van der Waals surface area (Å²) in [6.45, 7) is 4.59. The Labute approximate surface area is 72.6 Å². The molecule has 0 bridgehead atoms. The second kappa shape index (κ2) is 4.09. The molecule has 3 heteroatoms. The van der Waals surface area contributed by atoms with E-state index in [-0.39, 0.29) is 0 Å². The van der Waals surface area contributed by atoms with Crippen LogP contribution in [0.25, 0.3) is 0 Å². The lowest BCUT2D eigenvalue weighted by molar-refractivity contribution is 0.213. The molecule has 0 atom stereocenters. The lowest BCUT2D eigenvalue weighted by Crippen LogP contribution is -2.35. The Morgan fingerprint density at radius 3 is 2.67 bits per heavy atom. The Hall–Kier alpha value is -1.06. The lowest BCUT2D eigenvalue weighted by atomic mass is 10.2. The summed E-state index contributed by atoms with van der Waals surface area (Å²) in [6, 6.07) is 7.65. The van der Waals surface area contributed by atoms with Gasteiger partial charge in [-0.25, -0.2) is 5.43 Å². The van der Waals surface area contributed by atoms with Gasteiger partial charge in [0.25, 0.3) is 0 Å². The number of hydrogen-bond donors (Lipinski definition) is 2. The maximum absolute atomic E-state index is 9.42. The molecule has 0 unspecified atom stereocenters. The monoisotopic (exact) mass is 166 g/mol. The molecule has 0 aliphatic heterocycles. The molecule has 0 saturated carbocycles. The number of nitrogens with one attached hydrogen (secondary N) is 1. The van der Waals surface area contributed by atoms with Gasteiger partial charge in [-0.05, 0) is 18.6 Å². The summed E-state index contributed by atoms with van der Waals surface area (Å²) in [6.07, 6.45) is 0. The van der Waals surface area contributed by atoms with Gasteiger partial charge in [-0.2, -0.15) is 5.17 Å². The number of hydrazine groups is 1. The van der Waals surface area contributed by atoms with Crippen LogP contribution < -0.4 is 10.6 Å². The predicted octanol–water partition coefficient (Wildman–Crippen LogP) is 1.72. The molecule has 0 spiro atoms. The van der Waals surface area contributed by atoms with Crippen LogP contribution in [0.5, 0.6) is 0 Å². The zero-order valence-electron chi connectivity index (χ0n) is 7.41. The van der Waals surface area contributed by atoms with Gasteiger partial charge >= 0.3 is 0 Å². The summed E-state index contributed by atoms with van der Waals surface area (Å²) in [5.74, 6) is 0. The van der Waals surface area contributed by atoms with Crippen LogP contribution in [0.2, 0.25) is 0 Å². The Morgan fingerprint density at radius 1 is 1.42 bits per heavy atom. The Balaban J connectivity index is 2.79. The first-order valence-corrected chi connectivity index (χ1v) is 4.04. The molecule has 0 amide bonds. The number of rotatable bonds is 3. The van der Waals surface area contributed by atoms with Crippen molar-refractivity contribution in [3.8, 4) is 0 Å². The highest BCUT2D eigenvalue weighted by Crippen LogP contribution is 2.15. The van der Waals surface area contributed by atoms with Crippen molar-refractivity contribution in [2.45, 2.75) is 13.8 Å². The highest BCUT2D eigenvalue weighted by molar-refractivity contribution is 5.49. The number of aryl methyl sites for hydroxylation is 1. The fourth-order valence-corrected chi connectivity index (χ4v) is 1.04. The first-order chi connectivity index (χ1) is 5.75. The van der Waals surface area contributed by atoms with E-state index in [0.717, 1.165) is 16.4 Å². The van der Waals surface area contributed by atoms with Gasteiger partial charge in [0.1, 0.15) is 0 Å². The van der Waals surface area contributed by atoms with Crippen LogP contribution in [0, 0.1) is 6.92 Å². The molecule has 66 valence electrons. The topological polar surface area (TPSA) is 35.5 Å². The standard InChI is InChI=1S/C9H14N2O/c1-3-10-11(12)9-7-5-4-6-8(9)2/h4-7,10,12H,3H2,1-2H3. The van der Waals surface area contributed by atoms with E-state index in [2.05, 4.69) is 5.43 Å². The van der Waals surface area contributed by atoms with Crippen LogP contribution in [-0.4, -0.2) is 11.8 Å². The second-order valence-electron chi connectivity index (χ2n) is 2.61. The molecule has 1 rings (SSSR count). The fourth-order valence-electron chi connectivity index (χ4n) is 1.04. The minimum atomic E-state index is 0.699. The molecule has 0 aliphatic rings. The van der Waals surface area contributed by atoms with Gasteiger partial charge in [-0.15, -0.1) is 0 Å². The van der Waals surface area contributed by atoms with E-state index in [0.29, 0.717) is 6.54 Å². The van der Waals surface area contributed by atoms with E-state index in [4.69, 9.17) is 0 Å². The molecular formula is C9H14N2O. The first kappa shape index (κ1) is 9.03. The van der Waals surface area contributed by atoms with Crippen LogP contribution >= 0.6 is 0 Å². The van der Waals surface area contributed by atoms with Crippen molar-refractivity contribution >= 4 is 5.69 Å². The lowest BCUT2D eigenvalue weighted by Gasteiger charge is -2.18. The third kappa shape index (κ3) is 1.96. The molecule has 0 fully saturated rings. The smallest absolute Gasteiger partial charge is 0.0849 e. The van der Waals surface area contributed by atoms with Crippen molar-refractivity contribution in [1.29, 1.82) is 0 Å². The van der Waals surface area contributed by atoms with E-state index in [1.165, 1.54) is 0 Å². The predicted molar refractivity (Wildman–Crippen MR) is 49.1 cm³/mol. The van der Waals surface area contributed by atoms with Crippen LogP contribution in [0.15, 0.2) is 24.3 Å². The van der Waals surface area contributed by atoms with Gasteiger partial charge in [0.2, 0.25) is 0 Å². The van der Waals surface area contributed by atoms with Crippen LogP contribution in [0.4, 0.5) is 5.69 Å². The number of para-hydroxylation sites is 1. The summed E-state index contributed by atoms with van der Waals surface area (Å²) in [7, 11) is 0. The van der Waals surface area contributed by atoms with Gasteiger partial charge in [0, 0.05) is 6.54 Å². The van der Waals surface area contributed by atoms with Gasteiger partial charge in [-0.1, -0.05) is 25.1 Å². The molecule has 1 aromatic rings. The van der Waals surface area contributed by atoms with Gasteiger partial charge in [-0.3, -0.25) is 5.21 Å². The molecule has 0 radical (unpaired) electrons. The zero-order chi connectivity index (χ0) is 8.97. The number of hydrogen-bond acceptors (Lipinski definition) is 3. The van der Waals surface area contributed by atoms with E-state index >= 15 is 0 Å². The molecule has 1 aromatic carbocycles. The molecular weight excluding hydrogens is 152 g/mol. The number of nitrogens with zero attached hydrogens (tertiary/aromatic N) is 1. The average molecular weight is 166 g/mol. The Morgan fingerprint density at radius 2 is 2.08 bits per heavy atom. The van der Waals surface area contributed by atoms with Crippen molar-refractivity contribution in [1.82, 2.24) is 5.43 Å². The van der Waals surface area contributed by atoms with E-state index in [9.17, 15) is 5.21 Å². The van der Waals surface area contributed by atoms with E-state index < -0.39 is 0 Å². The quantitative estimate of drug-likeness (QED) is 0.671. The highest BCUT2D eigenvalue weighted by Gasteiger charge is 2.02. The van der Waals surface area contributed by atoms with Gasteiger partial charge < -0.3 is 0 Å². The molecule has 0 heterocycles. The van der Waals surface area contributed by atoms with Crippen LogP contribution in [0.3, 0.4) is 0 Å². The van der Waals surface area contributed by atoms with E-state index in [1.54, 1.807) is 0 Å². The molecule has 0 aromatic heterocycles. The normalized spacial score (nSPS) is 9.92. The SMILES string of the molecule is CCNN(O)c1ccccc1C. The third-order valence-corrected chi connectivity index (χ3v) is 1.65. The zero-order valence-corrected chi connectivity index (χ0v) is 7.41. The second-order valence-corrected chi connectivity index (χ2v) is 2.61. The summed E-state index contributed by atoms with van der Waals surface area (Å²) in [5.41, 5.74) is 4.63. The maximum atomic E-state index is 9.42. The average Bonchev–Trinajstić information content (AvgIpc) is 2.05. The molecule has 0 aliphatic carbocycles. The molecule has 2 N–H and O–H groups in total.